The van der Waals surface area contributed by atoms with E-state index in [9.17, 15) is 15.0 Å². The number of ether oxygens (including phenoxy) is 1. The van der Waals surface area contributed by atoms with Crippen molar-refractivity contribution in [1.82, 2.24) is 4.98 Å². The molecule has 2 atom stereocenters. The fraction of sp³-hybridized carbons (Fsp3) is 0.467. The van der Waals surface area contributed by atoms with Crippen LogP contribution in [0, 0.1) is 5.92 Å². The van der Waals surface area contributed by atoms with Gasteiger partial charge in [-0.15, -0.1) is 0 Å². The van der Waals surface area contributed by atoms with Crippen LogP contribution < -0.4 is 0 Å². The number of nitrogens with zero attached hydrogens (tertiary/aromatic N) is 1. The lowest BCUT2D eigenvalue weighted by atomic mass is 9.94. The van der Waals surface area contributed by atoms with Crippen molar-refractivity contribution in [2.75, 3.05) is 13.7 Å². The maximum Gasteiger partial charge on any atom is 0.305 e. The number of rotatable bonds is 8. The third-order valence-corrected chi connectivity index (χ3v) is 3.06. The number of aromatic nitrogens is 1. The number of aliphatic hydroxyl groups excluding tert-OH is 2. The van der Waals surface area contributed by atoms with E-state index in [0.29, 0.717) is 24.8 Å². The molecule has 1 rings (SSSR count). The molecule has 0 aromatic carbocycles. The second-order valence-electron chi connectivity index (χ2n) is 4.50. The fourth-order valence-electron chi connectivity index (χ4n) is 1.82. The maximum atomic E-state index is 10.9. The Morgan fingerprint density at radius 1 is 1.50 bits per heavy atom. The van der Waals surface area contributed by atoms with E-state index < -0.39 is 6.10 Å². The Bertz CT molecular complexity index is 419. The van der Waals surface area contributed by atoms with Crippen molar-refractivity contribution in [2.45, 2.75) is 25.4 Å². The summed E-state index contributed by atoms with van der Waals surface area (Å²) in [7, 11) is 1.36. The van der Waals surface area contributed by atoms with Crippen LogP contribution >= 0.6 is 0 Å². The van der Waals surface area contributed by atoms with Gasteiger partial charge in [-0.25, -0.2) is 0 Å². The van der Waals surface area contributed by atoms with Gasteiger partial charge in [0.2, 0.25) is 0 Å². The smallest absolute Gasteiger partial charge is 0.305 e. The van der Waals surface area contributed by atoms with Gasteiger partial charge in [0, 0.05) is 31.3 Å². The summed E-state index contributed by atoms with van der Waals surface area (Å²) in [6.45, 7) is -0.114. The van der Waals surface area contributed by atoms with Gasteiger partial charge in [-0.1, -0.05) is 18.2 Å². The first-order valence-electron chi connectivity index (χ1n) is 6.59. The van der Waals surface area contributed by atoms with Crippen molar-refractivity contribution < 1.29 is 19.7 Å². The summed E-state index contributed by atoms with van der Waals surface area (Å²) in [5.74, 6) is -0.530. The molecule has 0 aliphatic carbocycles. The number of pyridine rings is 1. The predicted molar refractivity (Wildman–Crippen MR) is 74.8 cm³/mol. The lowest BCUT2D eigenvalue weighted by Gasteiger charge is -2.19. The Morgan fingerprint density at radius 2 is 2.30 bits per heavy atom. The lowest BCUT2D eigenvalue weighted by molar-refractivity contribution is -0.140. The SMILES string of the molecule is COC(=O)CC/C=C\C[C@H](CO)[C@@H](O)c1cccnc1. The molecule has 5 nitrogen and oxygen atoms in total. The summed E-state index contributed by atoms with van der Waals surface area (Å²) < 4.78 is 4.54. The Morgan fingerprint density at radius 3 is 2.90 bits per heavy atom. The van der Waals surface area contributed by atoms with E-state index in [2.05, 4.69) is 9.72 Å². The molecule has 20 heavy (non-hydrogen) atoms. The number of hydrogen-bond donors (Lipinski definition) is 2. The van der Waals surface area contributed by atoms with Crippen LogP contribution in [0.15, 0.2) is 36.7 Å². The average Bonchev–Trinajstić information content (AvgIpc) is 2.50. The molecular weight excluding hydrogens is 258 g/mol. The number of allylic oxidation sites excluding steroid dienone is 2. The van der Waals surface area contributed by atoms with E-state index in [0.717, 1.165) is 0 Å². The summed E-state index contributed by atoms with van der Waals surface area (Å²) in [6.07, 6.45) is 7.66. The average molecular weight is 279 g/mol. The minimum absolute atomic E-state index is 0.114. The van der Waals surface area contributed by atoms with E-state index in [1.54, 1.807) is 24.5 Å². The van der Waals surface area contributed by atoms with Crippen LogP contribution in [0.2, 0.25) is 0 Å². The van der Waals surface area contributed by atoms with Gasteiger partial charge >= 0.3 is 5.97 Å². The minimum atomic E-state index is -0.751. The van der Waals surface area contributed by atoms with Crippen LogP contribution in [0.1, 0.15) is 30.9 Å². The van der Waals surface area contributed by atoms with Crippen LogP contribution in [0.5, 0.6) is 0 Å². The molecule has 0 saturated carbocycles. The predicted octanol–water partition coefficient (Wildman–Crippen LogP) is 1.62. The molecule has 0 saturated heterocycles. The normalized spacial score (nSPS) is 14.2. The quantitative estimate of drug-likeness (QED) is 0.558. The first kappa shape index (κ1) is 16.3. The van der Waals surface area contributed by atoms with Crippen LogP contribution in [0.3, 0.4) is 0 Å². The molecule has 0 aliphatic rings. The van der Waals surface area contributed by atoms with Gasteiger partial charge in [0.15, 0.2) is 0 Å². The van der Waals surface area contributed by atoms with Gasteiger partial charge in [0.05, 0.1) is 13.2 Å². The van der Waals surface area contributed by atoms with Crippen molar-refractivity contribution in [2.24, 2.45) is 5.92 Å². The standard InChI is InChI=1S/C15H21NO4/c1-20-14(18)8-4-2-3-6-13(11-17)15(19)12-7-5-9-16-10-12/h2-3,5,7,9-10,13,15,17,19H,4,6,8,11H2,1H3/b3-2-/t13-,15+/m1/s1. The summed E-state index contributed by atoms with van der Waals surface area (Å²) in [4.78, 5) is 14.9. The van der Waals surface area contributed by atoms with E-state index in [1.165, 1.54) is 7.11 Å². The van der Waals surface area contributed by atoms with E-state index >= 15 is 0 Å². The molecule has 0 spiro atoms. The first-order valence-corrected chi connectivity index (χ1v) is 6.59. The summed E-state index contributed by atoms with van der Waals surface area (Å²) in [5.41, 5.74) is 0.689. The van der Waals surface area contributed by atoms with Gasteiger partial charge < -0.3 is 14.9 Å². The number of aliphatic hydroxyl groups is 2. The van der Waals surface area contributed by atoms with Crippen LogP contribution in [0.4, 0.5) is 0 Å². The van der Waals surface area contributed by atoms with Crippen LogP contribution in [-0.2, 0) is 9.53 Å². The summed E-state index contributed by atoms with van der Waals surface area (Å²) in [5, 5.41) is 19.5. The van der Waals surface area contributed by atoms with Gasteiger partial charge in [-0.3, -0.25) is 9.78 Å². The second-order valence-corrected chi connectivity index (χ2v) is 4.50. The molecular formula is C15H21NO4. The Kier molecular flexibility index (Phi) is 7.54. The highest BCUT2D eigenvalue weighted by Crippen LogP contribution is 2.24. The van der Waals surface area contributed by atoms with Crippen molar-refractivity contribution in [1.29, 1.82) is 0 Å². The molecule has 2 N–H and O–H groups in total. The Labute approximate surface area is 118 Å². The largest absolute Gasteiger partial charge is 0.469 e. The van der Waals surface area contributed by atoms with Crippen LogP contribution in [0.25, 0.3) is 0 Å². The number of carbonyl (C=O) groups is 1. The lowest BCUT2D eigenvalue weighted by Crippen LogP contribution is -2.16. The third-order valence-electron chi connectivity index (χ3n) is 3.06. The van der Waals surface area contributed by atoms with E-state index in [1.807, 2.05) is 12.2 Å². The minimum Gasteiger partial charge on any atom is -0.469 e. The number of hydrogen-bond acceptors (Lipinski definition) is 5. The first-order chi connectivity index (χ1) is 9.69. The molecule has 0 aliphatic heterocycles. The van der Waals surface area contributed by atoms with Crippen molar-refractivity contribution in [3.8, 4) is 0 Å². The Balaban J connectivity index is 2.43. The topological polar surface area (TPSA) is 79.7 Å². The molecule has 0 bridgehead atoms. The molecule has 0 radical (unpaired) electrons. The van der Waals surface area contributed by atoms with E-state index in [4.69, 9.17) is 0 Å². The number of carbonyl (C=O) groups excluding carboxylic acids is 1. The Hall–Kier alpha value is -1.72. The molecule has 5 heteroatoms. The molecule has 0 unspecified atom stereocenters. The van der Waals surface area contributed by atoms with Gasteiger partial charge in [0.25, 0.3) is 0 Å². The molecule has 0 fully saturated rings. The molecule has 110 valence electrons. The molecule has 1 heterocycles. The third kappa shape index (κ3) is 5.50. The van der Waals surface area contributed by atoms with Gasteiger partial charge in [-0.05, 0) is 24.5 Å². The zero-order valence-electron chi connectivity index (χ0n) is 11.6. The highest BCUT2D eigenvalue weighted by atomic mass is 16.5. The maximum absolute atomic E-state index is 10.9. The summed E-state index contributed by atoms with van der Waals surface area (Å²) in [6, 6.07) is 3.53. The molecule has 1 aromatic heterocycles. The highest BCUT2D eigenvalue weighted by Gasteiger charge is 2.18. The molecule has 1 aromatic rings. The zero-order valence-corrected chi connectivity index (χ0v) is 11.6. The van der Waals surface area contributed by atoms with E-state index in [-0.39, 0.29) is 18.5 Å². The number of esters is 1. The van der Waals surface area contributed by atoms with Crippen LogP contribution in [-0.4, -0.2) is 34.9 Å². The van der Waals surface area contributed by atoms with Gasteiger partial charge in [-0.2, -0.15) is 0 Å². The van der Waals surface area contributed by atoms with Crippen molar-refractivity contribution in [3.63, 3.8) is 0 Å². The highest BCUT2D eigenvalue weighted by molar-refractivity contribution is 5.69. The second kappa shape index (κ2) is 9.23. The van der Waals surface area contributed by atoms with Crippen molar-refractivity contribution in [3.05, 3.63) is 42.2 Å². The number of methoxy groups -OCH3 is 1. The van der Waals surface area contributed by atoms with Crippen molar-refractivity contribution >= 4 is 5.97 Å². The fourth-order valence-corrected chi connectivity index (χ4v) is 1.82. The summed E-state index contributed by atoms with van der Waals surface area (Å²) >= 11 is 0. The zero-order chi connectivity index (χ0) is 14.8. The molecule has 0 amide bonds. The van der Waals surface area contributed by atoms with Gasteiger partial charge in [0.1, 0.15) is 0 Å². The monoisotopic (exact) mass is 279 g/mol.